The van der Waals surface area contributed by atoms with Crippen LogP contribution in [0.25, 0.3) is 10.9 Å². The molecule has 0 unspecified atom stereocenters. The van der Waals surface area contributed by atoms with Gasteiger partial charge in [0.1, 0.15) is 17.5 Å². The molecule has 0 aliphatic carbocycles. The third-order valence-corrected chi connectivity index (χ3v) is 6.35. The van der Waals surface area contributed by atoms with Crippen molar-refractivity contribution in [2.45, 2.75) is 24.8 Å². The van der Waals surface area contributed by atoms with Crippen LogP contribution in [0, 0.1) is 0 Å². The lowest BCUT2D eigenvalue weighted by molar-refractivity contribution is -0.144. The fourth-order valence-electron chi connectivity index (χ4n) is 2.92. The number of hydrogen-bond donors (Lipinski definition) is 2. The van der Waals surface area contributed by atoms with E-state index in [0.717, 1.165) is 5.39 Å². The lowest BCUT2D eigenvalue weighted by Crippen LogP contribution is -2.26. The highest BCUT2D eigenvalue weighted by Gasteiger charge is 2.15. The van der Waals surface area contributed by atoms with Crippen LogP contribution in [0.1, 0.15) is 18.9 Å². The van der Waals surface area contributed by atoms with Gasteiger partial charge in [-0.3, -0.25) is 9.59 Å². The molecule has 1 heterocycles. The normalized spacial score (nSPS) is 11.2. The maximum Gasteiger partial charge on any atom is 0.307 e. The zero-order valence-corrected chi connectivity index (χ0v) is 19.5. The topological polar surface area (TPSA) is 124 Å². The average molecular weight is 492 g/mol. The predicted molar refractivity (Wildman–Crippen MR) is 124 cm³/mol. The highest BCUT2D eigenvalue weighted by atomic mass is 35.5. The average Bonchev–Trinajstić information content (AvgIpc) is 2.77. The maximum absolute atomic E-state index is 12.4. The van der Waals surface area contributed by atoms with E-state index in [2.05, 4.69) is 15.0 Å². The minimum Gasteiger partial charge on any atom is -0.497 e. The van der Waals surface area contributed by atoms with E-state index in [4.69, 9.17) is 21.1 Å². The number of rotatable bonds is 9. The molecule has 0 spiro atoms. The Morgan fingerprint density at radius 3 is 2.48 bits per heavy atom. The Morgan fingerprint density at radius 2 is 1.82 bits per heavy atom. The van der Waals surface area contributed by atoms with Crippen LogP contribution in [-0.4, -0.2) is 38.9 Å². The predicted octanol–water partition coefficient (Wildman–Crippen LogP) is 3.27. The highest BCUT2D eigenvalue weighted by Crippen LogP contribution is 2.24. The number of carbonyl (C=O) groups is 2. The van der Waals surface area contributed by atoms with Crippen molar-refractivity contribution < 1.29 is 27.5 Å². The molecule has 0 bridgehead atoms. The van der Waals surface area contributed by atoms with Gasteiger partial charge in [0.05, 0.1) is 23.9 Å². The first kappa shape index (κ1) is 24.4. The molecule has 9 nitrogen and oxygen atoms in total. The van der Waals surface area contributed by atoms with E-state index in [1.165, 1.54) is 31.2 Å². The van der Waals surface area contributed by atoms with Gasteiger partial charge in [-0.05, 0) is 42.5 Å². The largest absolute Gasteiger partial charge is 0.497 e. The van der Waals surface area contributed by atoms with Crippen molar-refractivity contribution in [2.75, 3.05) is 19.0 Å². The first-order valence-electron chi connectivity index (χ1n) is 9.84. The second-order valence-corrected chi connectivity index (χ2v) is 9.14. The number of halogens is 1. The van der Waals surface area contributed by atoms with E-state index < -0.39 is 16.0 Å². The number of methoxy groups -OCH3 is 1. The molecule has 174 valence electrons. The summed E-state index contributed by atoms with van der Waals surface area (Å²) in [4.78, 5) is 27.4. The summed E-state index contributed by atoms with van der Waals surface area (Å²) in [5.74, 6) is -0.204. The van der Waals surface area contributed by atoms with Crippen LogP contribution < -0.4 is 14.8 Å². The van der Waals surface area contributed by atoms with Crippen LogP contribution in [0.3, 0.4) is 0 Å². The van der Waals surface area contributed by atoms with E-state index >= 15 is 0 Å². The number of benzene rings is 2. The summed E-state index contributed by atoms with van der Waals surface area (Å²) >= 11 is 6.20. The lowest BCUT2D eigenvalue weighted by Gasteiger charge is -2.10. The van der Waals surface area contributed by atoms with Crippen molar-refractivity contribution in [3.63, 3.8) is 0 Å². The monoisotopic (exact) mass is 491 g/mol. The number of fused-ring (bicyclic) bond motifs is 1. The number of anilines is 1. The van der Waals surface area contributed by atoms with Crippen LogP contribution in [0.2, 0.25) is 5.15 Å². The van der Waals surface area contributed by atoms with E-state index in [-0.39, 0.29) is 35.5 Å². The molecular weight excluding hydrogens is 470 g/mol. The maximum atomic E-state index is 12.4. The molecular formula is C22H22ClN3O6S. The lowest BCUT2D eigenvalue weighted by atomic mass is 10.1. The van der Waals surface area contributed by atoms with Crippen LogP contribution >= 0.6 is 11.6 Å². The number of amides is 1. The number of sulfonamides is 1. The number of nitrogens with zero attached hydrogens (tertiary/aromatic N) is 1. The highest BCUT2D eigenvalue weighted by molar-refractivity contribution is 7.89. The third-order valence-electron chi connectivity index (χ3n) is 4.55. The number of nitrogens with one attached hydrogen (secondary N) is 2. The Hall–Kier alpha value is -3.21. The van der Waals surface area contributed by atoms with E-state index in [1.54, 1.807) is 25.3 Å². The van der Waals surface area contributed by atoms with Gasteiger partial charge in [-0.15, -0.1) is 0 Å². The van der Waals surface area contributed by atoms with E-state index in [0.29, 0.717) is 22.5 Å². The van der Waals surface area contributed by atoms with Crippen molar-refractivity contribution in [2.24, 2.45) is 0 Å². The number of pyridine rings is 1. The minimum absolute atomic E-state index is 0.00983. The molecule has 33 heavy (non-hydrogen) atoms. The standard InChI is InChI=1S/C22H22ClN3O6S/c1-14(27)25-17-4-7-19(8-5-17)33(29,30)24-10-9-21(28)32-13-16-11-15-3-6-18(31-2)12-20(15)26-22(16)23/h3-8,11-12,24H,9-10,13H2,1-2H3,(H,25,27). The number of aromatic nitrogens is 1. The quantitative estimate of drug-likeness (QED) is 0.347. The van der Waals surface area contributed by atoms with Gasteiger partial charge in [0.2, 0.25) is 15.9 Å². The van der Waals surface area contributed by atoms with Crippen molar-refractivity contribution >= 4 is 50.1 Å². The van der Waals surface area contributed by atoms with Gasteiger partial charge in [-0.2, -0.15) is 0 Å². The van der Waals surface area contributed by atoms with E-state index in [9.17, 15) is 18.0 Å². The van der Waals surface area contributed by atoms with Gasteiger partial charge in [0.25, 0.3) is 0 Å². The Kier molecular flexibility index (Phi) is 7.85. The molecule has 0 radical (unpaired) electrons. The Labute approximate surface area is 196 Å². The molecule has 2 aromatic carbocycles. The summed E-state index contributed by atoms with van der Waals surface area (Å²) in [7, 11) is -2.26. The SMILES string of the molecule is COc1ccc2cc(COC(=O)CCNS(=O)(=O)c3ccc(NC(C)=O)cc3)c(Cl)nc2c1. The van der Waals surface area contributed by atoms with Crippen molar-refractivity contribution in [3.8, 4) is 5.75 Å². The summed E-state index contributed by atoms with van der Waals surface area (Å²) < 4.78 is 37.4. The Balaban J connectivity index is 1.52. The first-order chi connectivity index (χ1) is 15.7. The second kappa shape index (κ2) is 10.6. The van der Waals surface area contributed by atoms with Crippen LogP contribution in [0.5, 0.6) is 5.75 Å². The van der Waals surface area contributed by atoms with Crippen molar-refractivity contribution in [3.05, 3.63) is 59.2 Å². The zero-order chi connectivity index (χ0) is 24.0. The summed E-state index contributed by atoms with van der Waals surface area (Å²) in [6.45, 7) is 1.12. The van der Waals surface area contributed by atoms with Crippen molar-refractivity contribution in [1.29, 1.82) is 0 Å². The molecule has 3 rings (SSSR count). The number of esters is 1. The second-order valence-electron chi connectivity index (χ2n) is 7.01. The number of carbonyl (C=O) groups excluding carboxylic acids is 2. The molecule has 0 aliphatic rings. The van der Waals surface area contributed by atoms with E-state index in [1.807, 2.05) is 6.07 Å². The molecule has 0 saturated heterocycles. The van der Waals surface area contributed by atoms with Gasteiger partial charge in [0, 0.05) is 36.2 Å². The van der Waals surface area contributed by atoms with Gasteiger partial charge >= 0.3 is 5.97 Å². The summed E-state index contributed by atoms with van der Waals surface area (Å²) in [5, 5.41) is 3.56. The van der Waals surface area contributed by atoms with Gasteiger partial charge in [-0.25, -0.2) is 18.1 Å². The molecule has 0 aliphatic heterocycles. The molecule has 2 N–H and O–H groups in total. The fraction of sp³-hybridized carbons (Fsp3) is 0.227. The molecule has 0 saturated carbocycles. The molecule has 0 atom stereocenters. The van der Waals surface area contributed by atoms with Gasteiger partial charge in [0.15, 0.2) is 0 Å². The number of ether oxygens (including phenoxy) is 2. The Bertz CT molecular complexity index is 1280. The van der Waals surface area contributed by atoms with Crippen LogP contribution in [-0.2, 0) is 31.0 Å². The smallest absolute Gasteiger partial charge is 0.307 e. The molecule has 1 amide bonds. The Morgan fingerprint density at radius 1 is 1.09 bits per heavy atom. The van der Waals surface area contributed by atoms with Crippen molar-refractivity contribution in [1.82, 2.24) is 9.71 Å². The summed E-state index contributed by atoms with van der Waals surface area (Å²) in [6, 6.07) is 12.8. The van der Waals surface area contributed by atoms with Gasteiger partial charge < -0.3 is 14.8 Å². The van der Waals surface area contributed by atoms with Crippen LogP contribution in [0.4, 0.5) is 5.69 Å². The van der Waals surface area contributed by atoms with Gasteiger partial charge in [-0.1, -0.05) is 11.6 Å². The third kappa shape index (κ3) is 6.64. The molecule has 3 aromatic rings. The van der Waals surface area contributed by atoms with Crippen LogP contribution in [0.15, 0.2) is 53.4 Å². The molecule has 1 aromatic heterocycles. The zero-order valence-electron chi connectivity index (χ0n) is 17.9. The number of hydrogen-bond acceptors (Lipinski definition) is 7. The summed E-state index contributed by atoms with van der Waals surface area (Å²) in [5.41, 5.74) is 1.66. The molecule has 0 fully saturated rings. The minimum atomic E-state index is -3.82. The summed E-state index contributed by atoms with van der Waals surface area (Å²) in [6.07, 6.45) is -0.168. The molecule has 11 heteroatoms. The fourth-order valence-corrected chi connectivity index (χ4v) is 4.15. The first-order valence-corrected chi connectivity index (χ1v) is 11.7.